The molecular weight excluding hydrogens is 511 g/mol. The van der Waals surface area contributed by atoms with Gasteiger partial charge in [0.2, 0.25) is 5.52 Å². The second-order valence-electron chi connectivity index (χ2n) is 7.94. The summed E-state index contributed by atoms with van der Waals surface area (Å²) in [5.74, 6) is 0.225. The van der Waals surface area contributed by atoms with Crippen molar-refractivity contribution in [1.82, 2.24) is 0 Å². The van der Waals surface area contributed by atoms with Crippen molar-refractivity contribution in [3.05, 3.63) is 84.1 Å². The van der Waals surface area contributed by atoms with Crippen LogP contribution in [0.2, 0.25) is 0 Å². The van der Waals surface area contributed by atoms with Gasteiger partial charge in [-0.3, -0.25) is 4.79 Å². The Morgan fingerprint density at radius 1 is 1.08 bits per heavy atom. The summed E-state index contributed by atoms with van der Waals surface area (Å²) in [7, 11) is -4.05. The van der Waals surface area contributed by atoms with Crippen LogP contribution in [-0.2, 0) is 26.7 Å². The summed E-state index contributed by atoms with van der Waals surface area (Å²) in [4.78, 5) is 11.9. The van der Waals surface area contributed by atoms with Crippen LogP contribution in [0.25, 0.3) is 23.1 Å². The van der Waals surface area contributed by atoms with Crippen LogP contribution in [0.15, 0.2) is 72.9 Å². The van der Waals surface area contributed by atoms with Gasteiger partial charge in [0, 0.05) is 12.1 Å². The lowest BCUT2D eigenvalue weighted by molar-refractivity contribution is -0.644. The molecule has 3 rings (SSSR count). The van der Waals surface area contributed by atoms with Crippen molar-refractivity contribution in [2.75, 3.05) is 13.2 Å². The molecule has 1 aromatic heterocycles. The van der Waals surface area contributed by atoms with Crippen molar-refractivity contribution in [2.45, 2.75) is 18.9 Å². The number of aromatic nitrogens is 1. The van der Waals surface area contributed by atoms with E-state index in [0.717, 1.165) is 16.7 Å². The largest absolute Gasteiger partial charge is 0.741 e. The van der Waals surface area contributed by atoms with Gasteiger partial charge in [-0.2, -0.15) is 13.2 Å². The smallest absolute Gasteiger partial charge is 0.485 e. The van der Waals surface area contributed by atoms with Crippen molar-refractivity contribution < 1.29 is 45.0 Å². The Bertz CT molecular complexity index is 1370. The van der Waals surface area contributed by atoms with Gasteiger partial charge in [0.05, 0.1) is 25.0 Å². The molecule has 7 nitrogen and oxygen atoms in total. The Balaban J connectivity index is 0.000000521. The molecule has 1 heterocycles. The molecule has 0 aliphatic carbocycles. The zero-order chi connectivity index (χ0) is 27.6. The maximum atomic E-state index is 11.9. The number of ether oxygens (including phenoxy) is 2. The Hall–Kier alpha value is -3.54. The molecule has 2 aromatic carbocycles. The zero-order valence-electron chi connectivity index (χ0n) is 20.2. The number of aryl methyl sites for hydroxylation is 1. The third-order valence-corrected chi connectivity index (χ3v) is 5.29. The van der Waals surface area contributed by atoms with Gasteiger partial charge < -0.3 is 14.0 Å². The second kappa shape index (κ2) is 13.1. The number of esters is 1. The summed E-state index contributed by atoms with van der Waals surface area (Å²) in [6, 6.07) is 17.9. The molecule has 11 heteroatoms. The minimum Gasteiger partial charge on any atom is -0.741 e. The molecule has 0 atom stereocenters. The molecule has 0 aliphatic heterocycles. The van der Waals surface area contributed by atoms with Crippen LogP contribution in [0.4, 0.5) is 13.2 Å². The summed E-state index contributed by atoms with van der Waals surface area (Å²) in [5.41, 5.74) is -1.34. The topological polar surface area (TPSA) is 96.6 Å². The minimum atomic E-state index is -6.09. The monoisotopic (exact) mass is 537 g/mol. The molecule has 37 heavy (non-hydrogen) atoms. The number of para-hydroxylation sites is 1. The molecule has 0 radical (unpaired) electrons. The molecule has 0 aliphatic rings. The number of hydrogen-bond donors (Lipinski definition) is 0. The van der Waals surface area contributed by atoms with E-state index < -0.39 is 15.6 Å². The van der Waals surface area contributed by atoms with E-state index in [0.29, 0.717) is 19.0 Å². The maximum Gasteiger partial charge on any atom is 0.485 e. The summed E-state index contributed by atoms with van der Waals surface area (Å²) >= 11 is 0. The standard InChI is InChI=1S/C25H26NO3.CHF3O3S/c1-19(2)18-28-17-15-25(27)29-22-12-9-20(10-13-22)8-11-21-14-16-26(3)24-7-5-4-6-23(21)24;2-1(3,4)8(5,6)7/h4-14,16H,1,15,17-18H2,2-3H3;(H,5,6,7)/q+1;/p-1/b11-8+;. The molecular formula is C26H26F3NO6S. The minimum absolute atomic E-state index is 0.216. The van der Waals surface area contributed by atoms with E-state index in [-0.39, 0.29) is 12.4 Å². The molecule has 0 saturated heterocycles. The van der Waals surface area contributed by atoms with Gasteiger partial charge in [-0.05, 0) is 36.2 Å². The van der Waals surface area contributed by atoms with E-state index in [2.05, 4.69) is 47.7 Å². The van der Waals surface area contributed by atoms with Gasteiger partial charge in [0.15, 0.2) is 16.3 Å². The molecule has 0 bridgehead atoms. The number of pyridine rings is 1. The lowest BCUT2D eigenvalue weighted by Crippen LogP contribution is -2.28. The first-order chi connectivity index (χ1) is 17.3. The molecule has 0 spiro atoms. The number of carbonyl (C=O) groups excluding carboxylic acids is 1. The number of benzene rings is 2. The number of fused-ring (bicyclic) bond motifs is 1. The molecule has 0 unspecified atom stereocenters. The highest BCUT2D eigenvalue weighted by molar-refractivity contribution is 7.86. The van der Waals surface area contributed by atoms with Crippen LogP contribution < -0.4 is 9.30 Å². The van der Waals surface area contributed by atoms with Crippen LogP contribution in [0.3, 0.4) is 0 Å². The highest BCUT2D eigenvalue weighted by atomic mass is 32.2. The van der Waals surface area contributed by atoms with Gasteiger partial charge in [-0.25, -0.2) is 13.0 Å². The van der Waals surface area contributed by atoms with E-state index in [1.54, 1.807) is 12.1 Å². The van der Waals surface area contributed by atoms with E-state index in [9.17, 15) is 18.0 Å². The molecule has 0 N–H and O–H groups in total. The van der Waals surface area contributed by atoms with Crippen LogP contribution in [0, 0.1) is 0 Å². The number of rotatable bonds is 8. The zero-order valence-corrected chi connectivity index (χ0v) is 21.0. The fourth-order valence-electron chi connectivity index (χ4n) is 2.95. The summed E-state index contributed by atoms with van der Waals surface area (Å²) in [5, 5.41) is 1.20. The van der Waals surface area contributed by atoms with Crippen LogP contribution in [0.1, 0.15) is 24.5 Å². The van der Waals surface area contributed by atoms with Crippen molar-refractivity contribution in [2.24, 2.45) is 7.05 Å². The molecule has 0 saturated carbocycles. The normalized spacial score (nSPS) is 11.7. The predicted octanol–water partition coefficient (Wildman–Crippen LogP) is 4.77. The average Bonchev–Trinajstić information content (AvgIpc) is 2.82. The van der Waals surface area contributed by atoms with Crippen molar-refractivity contribution >= 4 is 39.1 Å². The first-order valence-corrected chi connectivity index (χ1v) is 12.3. The first kappa shape index (κ1) is 29.7. The first-order valence-electron chi connectivity index (χ1n) is 10.9. The third-order valence-electron chi connectivity index (χ3n) is 4.72. The van der Waals surface area contributed by atoms with Crippen LogP contribution in [0.5, 0.6) is 5.75 Å². The van der Waals surface area contributed by atoms with Gasteiger partial charge >= 0.3 is 11.5 Å². The molecule has 0 fully saturated rings. The Morgan fingerprint density at radius 3 is 2.30 bits per heavy atom. The Labute approximate surface area is 213 Å². The number of halogens is 3. The van der Waals surface area contributed by atoms with Gasteiger partial charge in [-0.1, -0.05) is 48.6 Å². The second-order valence-corrected chi connectivity index (χ2v) is 9.31. The van der Waals surface area contributed by atoms with Gasteiger partial charge in [0.1, 0.15) is 12.8 Å². The quantitative estimate of drug-likeness (QED) is 0.0781. The lowest BCUT2D eigenvalue weighted by atomic mass is 10.1. The van der Waals surface area contributed by atoms with E-state index in [1.807, 2.05) is 38.2 Å². The van der Waals surface area contributed by atoms with Crippen LogP contribution >= 0.6 is 0 Å². The van der Waals surface area contributed by atoms with Crippen molar-refractivity contribution in [3.8, 4) is 5.75 Å². The van der Waals surface area contributed by atoms with E-state index in [1.165, 1.54) is 10.9 Å². The van der Waals surface area contributed by atoms with E-state index in [4.69, 9.17) is 22.4 Å². The highest BCUT2D eigenvalue weighted by Gasteiger charge is 2.36. The number of carbonyl (C=O) groups is 1. The third kappa shape index (κ3) is 9.79. The number of alkyl halides is 3. The summed E-state index contributed by atoms with van der Waals surface area (Å²) < 4.78 is 71.7. The fraction of sp³-hybridized carbons (Fsp3) is 0.231. The van der Waals surface area contributed by atoms with Gasteiger partial charge in [0.25, 0.3) is 0 Å². The summed E-state index contributed by atoms with van der Waals surface area (Å²) in [6.45, 7) is 6.43. The molecule has 3 aromatic rings. The van der Waals surface area contributed by atoms with Crippen LogP contribution in [-0.4, -0.2) is 37.7 Å². The fourth-order valence-corrected chi connectivity index (χ4v) is 2.95. The Morgan fingerprint density at radius 2 is 1.70 bits per heavy atom. The van der Waals surface area contributed by atoms with Crippen molar-refractivity contribution in [3.63, 3.8) is 0 Å². The summed E-state index contributed by atoms with van der Waals surface area (Å²) in [6.07, 6.45) is 6.43. The van der Waals surface area contributed by atoms with E-state index >= 15 is 0 Å². The lowest BCUT2D eigenvalue weighted by Gasteiger charge is -2.08. The molecule has 0 amide bonds. The molecule has 198 valence electrons. The van der Waals surface area contributed by atoms with Gasteiger partial charge in [-0.15, -0.1) is 0 Å². The predicted molar refractivity (Wildman–Crippen MR) is 132 cm³/mol. The number of hydrogen-bond acceptors (Lipinski definition) is 6. The number of nitrogens with zero attached hydrogens (tertiary/aromatic N) is 1. The SMILES string of the molecule is C=C(C)COCCC(=O)Oc1ccc(/C=C/c2cc[n+](C)c3ccccc23)cc1.O=S(=O)([O-])C(F)(F)F. The maximum absolute atomic E-state index is 11.9. The Kier molecular flexibility index (Phi) is 10.5. The van der Waals surface area contributed by atoms with Crippen molar-refractivity contribution in [1.29, 1.82) is 0 Å². The average molecular weight is 538 g/mol. The highest BCUT2D eigenvalue weighted by Crippen LogP contribution is 2.21.